The zero-order chi connectivity index (χ0) is 19.4. The number of nitrogens with one attached hydrogen (secondary N) is 3. The van der Waals surface area contributed by atoms with Crippen molar-refractivity contribution in [2.45, 2.75) is 12.1 Å². The maximum atomic E-state index is 13.2. The van der Waals surface area contributed by atoms with Crippen molar-refractivity contribution in [1.29, 1.82) is 0 Å². The summed E-state index contributed by atoms with van der Waals surface area (Å²) < 4.78 is 26.5. The van der Waals surface area contributed by atoms with Crippen molar-refractivity contribution in [2.75, 3.05) is 17.6 Å². The molecule has 9 heteroatoms. The third kappa shape index (κ3) is 4.62. The molecule has 0 spiro atoms. The van der Waals surface area contributed by atoms with E-state index >= 15 is 0 Å². The summed E-state index contributed by atoms with van der Waals surface area (Å²) in [6.07, 6.45) is 0. The number of hydrogen-bond acceptors (Lipinski definition) is 4. The lowest BCUT2D eigenvalue weighted by molar-refractivity contribution is -0.113. The summed E-state index contributed by atoms with van der Waals surface area (Å²) in [5.74, 6) is -2.42. The first kappa shape index (κ1) is 18.8. The Balaban J connectivity index is 1.61. The number of rotatable bonds is 6. The first-order valence-electron chi connectivity index (χ1n) is 8.12. The van der Waals surface area contributed by atoms with Crippen LogP contribution in [0.25, 0.3) is 11.0 Å². The quantitative estimate of drug-likeness (QED) is 0.564. The number of thioether (sulfide) groups is 1. The van der Waals surface area contributed by atoms with Crippen molar-refractivity contribution in [3.05, 3.63) is 53.6 Å². The Labute approximate surface area is 157 Å². The van der Waals surface area contributed by atoms with Gasteiger partial charge in [-0.25, -0.2) is 13.8 Å². The Morgan fingerprint density at radius 1 is 1.19 bits per heavy atom. The Hall–Kier alpha value is -2.94. The van der Waals surface area contributed by atoms with Crippen molar-refractivity contribution in [3.8, 4) is 0 Å². The molecule has 0 radical (unpaired) electrons. The lowest BCUT2D eigenvalue weighted by atomic mass is 10.2. The summed E-state index contributed by atoms with van der Waals surface area (Å²) in [4.78, 5) is 30.9. The molecule has 3 rings (SSSR count). The molecule has 2 aromatic carbocycles. The molecule has 140 valence electrons. The van der Waals surface area contributed by atoms with Crippen LogP contribution in [0, 0.1) is 11.6 Å². The first-order valence-corrected chi connectivity index (χ1v) is 9.10. The van der Waals surface area contributed by atoms with Crippen LogP contribution in [0.2, 0.25) is 0 Å². The van der Waals surface area contributed by atoms with Crippen LogP contribution in [-0.2, 0) is 4.79 Å². The number of hydrogen-bond donors (Lipinski definition) is 3. The second kappa shape index (κ2) is 8.17. The molecule has 0 bridgehead atoms. The number of halogens is 2. The second-order valence-corrected chi connectivity index (χ2v) is 6.57. The van der Waals surface area contributed by atoms with E-state index in [4.69, 9.17) is 0 Å². The molecule has 27 heavy (non-hydrogen) atoms. The van der Waals surface area contributed by atoms with Gasteiger partial charge in [0.05, 0.1) is 16.8 Å². The number of H-pyrrole nitrogens is 1. The average molecular weight is 390 g/mol. The maximum absolute atomic E-state index is 13.2. The number of benzene rings is 2. The zero-order valence-electron chi connectivity index (χ0n) is 14.3. The van der Waals surface area contributed by atoms with Crippen LogP contribution in [0.3, 0.4) is 0 Å². The smallest absolute Gasteiger partial charge is 0.251 e. The largest absolute Gasteiger partial charge is 0.352 e. The lowest BCUT2D eigenvalue weighted by Crippen LogP contribution is -2.23. The Bertz CT molecular complexity index is 967. The number of fused-ring (bicyclic) bond motifs is 1. The van der Waals surface area contributed by atoms with Gasteiger partial charge in [0, 0.05) is 29.9 Å². The molecule has 0 atom stereocenters. The topological polar surface area (TPSA) is 86.9 Å². The van der Waals surface area contributed by atoms with Crippen LogP contribution in [0.15, 0.2) is 41.6 Å². The Morgan fingerprint density at radius 3 is 2.74 bits per heavy atom. The van der Waals surface area contributed by atoms with Gasteiger partial charge in [-0.1, -0.05) is 17.8 Å². The summed E-state index contributed by atoms with van der Waals surface area (Å²) in [6, 6.07) is 8.61. The fraction of sp³-hybridized carbons (Fsp3) is 0.167. The highest BCUT2D eigenvalue weighted by molar-refractivity contribution is 7.99. The highest BCUT2D eigenvalue weighted by Gasteiger charge is 2.11. The first-order chi connectivity index (χ1) is 13.0. The predicted molar refractivity (Wildman–Crippen MR) is 99.8 cm³/mol. The van der Waals surface area contributed by atoms with Gasteiger partial charge in [-0.05, 0) is 25.1 Å². The normalized spacial score (nSPS) is 10.8. The van der Waals surface area contributed by atoms with Gasteiger partial charge >= 0.3 is 0 Å². The summed E-state index contributed by atoms with van der Waals surface area (Å²) in [5.41, 5.74) is 1.58. The van der Waals surface area contributed by atoms with Gasteiger partial charge in [-0.15, -0.1) is 0 Å². The molecule has 3 N–H and O–H groups in total. The minimum absolute atomic E-state index is 0.0379. The monoisotopic (exact) mass is 390 g/mol. The van der Waals surface area contributed by atoms with Crippen LogP contribution >= 0.6 is 11.8 Å². The summed E-state index contributed by atoms with van der Waals surface area (Å²) in [5, 5.41) is 5.76. The summed E-state index contributed by atoms with van der Waals surface area (Å²) in [7, 11) is 0. The van der Waals surface area contributed by atoms with E-state index < -0.39 is 11.6 Å². The number of carbonyl (C=O) groups is 2. The van der Waals surface area contributed by atoms with Crippen molar-refractivity contribution in [2.24, 2.45) is 0 Å². The molecule has 0 aliphatic rings. The third-order valence-electron chi connectivity index (χ3n) is 3.59. The fourth-order valence-electron chi connectivity index (χ4n) is 2.38. The van der Waals surface area contributed by atoms with E-state index in [1.165, 1.54) is 0 Å². The van der Waals surface area contributed by atoms with E-state index in [0.29, 0.717) is 28.5 Å². The number of aromatic nitrogens is 2. The number of anilines is 1. The van der Waals surface area contributed by atoms with Crippen LogP contribution < -0.4 is 10.6 Å². The van der Waals surface area contributed by atoms with E-state index in [1.54, 1.807) is 24.3 Å². The molecule has 1 heterocycles. The van der Waals surface area contributed by atoms with Crippen LogP contribution in [-0.4, -0.2) is 34.1 Å². The molecule has 6 nitrogen and oxygen atoms in total. The Kier molecular flexibility index (Phi) is 5.70. The van der Waals surface area contributed by atoms with Gasteiger partial charge in [0.2, 0.25) is 5.91 Å². The molecule has 0 saturated heterocycles. The number of imidazole rings is 1. The average Bonchev–Trinajstić information content (AvgIpc) is 3.02. The number of aromatic amines is 1. The molecular weight excluding hydrogens is 374 g/mol. The van der Waals surface area contributed by atoms with Crippen molar-refractivity contribution in [3.63, 3.8) is 0 Å². The van der Waals surface area contributed by atoms with Crippen LogP contribution in [0.4, 0.5) is 14.5 Å². The minimum atomic E-state index is -0.977. The third-order valence-corrected chi connectivity index (χ3v) is 4.46. The van der Waals surface area contributed by atoms with E-state index in [9.17, 15) is 18.4 Å². The zero-order valence-corrected chi connectivity index (χ0v) is 15.1. The van der Waals surface area contributed by atoms with E-state index in [0.717, 1.165) is 23.9 Å². The number of carbonyl (C=O) groups excluding carboxylic acids is 2. The SMILES string of the molecule is CCNC(=O)c1cccc(NC(=O)CSc2nc3cc(F)c(F)cc3[nH]2)c1. The van der Waals surface area contributed by atoms with Gasteiger partial charge in [0.1, 0.15) is 0 Å². The standard InChI is InChI=1S/C18H16F2N4O2S/c1-2-21-17(26)10-4-3-5-11(6-10)22-16(25)9-27-18-23-14-7-12(19)13(20)8-15(14)24-18/h3-8H,2,9H2,1H3,(H,21,26)(H,22,25)(H,23,24). The van der Waals surface area contributed by atoms with Crippen LogP contribution in [0.1, 0.15) is 17.3 Å². The highest BCUT2D eigenvalue weighted by atomic mass is 32.2. The molecule has 2 amide bonds. The molecule has 0 fully saturated rings. The lowest BCUT2D eigenvalue weighted by Gasteiger charge is -2.07. The molecule has 0 aliphatic carbocycles. The summed E-state index contributed by atoms with van der Waals surface area (Å²) >= 11 is 1.10. The maximum Gasteiger partial charge on any atom is 0.251 e. The van der Waals surface area contributed by atoms with Gasteiger partial charge in [0.15, 0.2) is 16.8 Å². The van der Waals surface area contributed by atoms with Crippen molar-refractivity contribution in [1.82, 2.24) is 15.3 Å². The minimum Gasteiger partial charge on any atom is -0.352 e. The second-order valence-electron chi connectivity index (χ2n) is 5.60. The van der Waals surface area contributed by atoms with E-state index in [2.05, 4.69) is 20.6 Å². The predicted octanol–water partition coefficient (Wildman–Crippen LogP) is 3.32. The Morgan fingerprint density at radius 2 is 1.96 bits per heavy atom. The van der Waals surface area contributed by atoms with Crippen LogP contribution in [0.5, 0.6) is 0 Å². The highest BCUT2D eigenvalue weighted by Crippen LogP contribution is 2.22. The molecule has 0 saturated carbocycles. The van der Waals surface area contributed by atoms with Crippen molar-refractivity contribution < 1.29 is 18.4 Å². The molecule has 1 aromatic heterocycles. The number of amides is 2. The van der Waals surface area contributed by atoms with Gasteiger partial charge in [-0.2, -0.15) is 0 Å². The van der Waals surface area contributed by atoms with Gasteiger partial charge < -0.3 is 15.6 Å². The van der Waals surface area contributed by atoms with Crippen molar-refractivity contribution >= 4 is 40.3 Å². The van der Waals surface area contributed by atoms with E-state index in [-0.39, 0.29) is 23.1 Å². The van der Waals surface area contributed by atoms with Gasteiger partial charge in [-0.3, -0.25) is 9.59 Å². The number of nitrogens with zero attached hydrogens (tertiary/aromatic N) is 1. The molecular formula is C18H16F2N4O2S. The fourth-order valence-corrected chi connectivity index (χ4v) is 3.07. The summed E-state index contributed by atoms with van der Waals surface area (Å²) in [6.45, 7) is 2.33. The van der Waals surface area contributed by atoms with Gasteiger partial charge in [0.25, 0.3) is 5.91 Å². The molecule has 0 aliphatic heterocycles. The molecule has 3 aromatic rings. The van der Waals surface area contributed by atoms with E-state index in [1.807, 2.05) is 6.92 Å². The molecule has 0 unspecified atom stereocenters.